The Labute approximate surface area is 143 Å². The number of fused-ring (bicyclic) bond motifs is 1. The molecule has 2 aromatic carbocycles. The zero-order chi connectivity index (χ0) is 17.1. The smallest absolute Gasteiger partial charge is 0.267 e. The lowest BCUT2D eigenvalue weighted by Gasteiger charge is -2.10. The van der Waals surface area contributed by atoms with Crippen molar-refractivity contribution in [1.29, 1.82) is 0 Å². The number of aryl methyl sites for hydroxylation is 1. The summed E-state index contributed by atoms with van der Waals surface area (Å²) in [6.07, 6.45) is 0. The fraction of sp³-hybridized carbons (Fsp3) is 0.0556. The molecule has 0 aliphatic heterocycles. The number of aromatic nitrogens is 1. The van der Waals surface area contributed by atoms with Crippen LogP contribution in [-0.2, 0) is 0 Å². The molecule has 2 amide bonds. The van der Waals surface area contributed by atoms with E-state index in [2.05, 4.69) is 15.8 Å². The van der Waals surface area contributed by atoms with E-state index in [1.165, 1.54) is 0 Å². The van der Waals surface area contributed by atoms with E-state index in [0.717, 1.165) is 11.2 Å². The molecule has 0 aliphatic rings. The standard InChI is InChI=1S/C18H14ClN3O2/c1-11-10-14(12-6-3-5-9-16(12)20-11)18(24)22-21-17(23)13-7-2-4-8-15(13)19/h2-10H,1H3,(H,21,23)(H,22,24). The summed E-state index contributed by atoms with van der Waals surface area (Å²) >= 11 is 5.97. The van der Waals surface area contributed by atoms with Crippen LogP contribution in [0.4, 0.5) is 0 Å². The average molecular weight is 340 g/mol. The van der Waals surface area contributed by atoms with Crippen molar-refractivity contribution in [1.82, 2.24) is 15.8 Å². The van der Waals surface area contributed by atoms with E-state index < -0.39 is 11.8 Å². The molecule has 120 valence electrons. The molecule has 1 heterocycles. The van der Waals surface area contributed by atoms with Gasteiger partial charge in [-0.2, -0.15) is 0 Å². The molecule has 0 aliphatic carbocycles. The molecule has 1 aromatic heterocycles. The van der Waals surface area contributed by atoms with Crippen LogP contribution in [0.25, 0.3) is 10.9 Å². The van der Waals surface area contributed by atoms with Crippen molar-refractivity contribution in [2.75, 3.05) is 0 Å². The number of hydrogen-bond donors (Lipinski definition) is 2. The number of amides is 2. The third-order valence-electron chi connectivity index (χ3n) is 3.50. The molecule has 0 saturated heterocycles. The summed E-state index contributed by atoms with van der Waals surface area (Å²) in [6, 6.07) is 15.6. The van der Waals surface area contributed by atoms with Crippen molar-refractivity contribution in [3.05, 3.63) is 76.4 Å². The second kappa shape index (κ2) is 6.68. The SMILES string of the molecule is Cc1cc(C(=O)NNC(=O)c2ccccc2Cl)c2ccccc2n1. The first-order valence-corrected chi connectivity index (χ1v) is 7.65. The Hall–Kier alpha value is -2.92. The normalized spacial score (nSPS) is 10.4. The summed E-state index contributed by atoms with van der Waals surface area (Å²) in [6.45, 7) is 1.81. The minimum atomic E-state index is -0.482. The number of halogens is 1. The first-order chi connectivity index (χ1) is 11.6. The van der Waals surface area contributed by atoms with Gasteiger partial charge in [0.1, 0.15) is 0 Å². The number of hydrogen-bond acceptors (Lipinski definition) is 3. The van der Waals surface area contributed by atoms with Gasteiger partial charge in [0.25, 0.3) is 11.8 Å². The largest absolute Gasteiger partial charge is 0.271 e. The number of carbonyl (C=O) groups is 2. The monoisotopic (exact) mass is 339 g/mol. The van der Waals surface area contributed by atoms with E-state index in [1.54, 1.807) is 30.3 Å². The molecule has 3 aromatic rings. The number of hydrazine groups is 1. The van der Waals surface area contributed by atoms with E-state index in [4.69, 9.17) is 11.6 Å². The van der Waals surface area contributed by atoms with Gasteiger partial charge in [-0.15, -0.1) is 0 Å². The second-order valence-corrected chi connectivity index (χ2v) is 5.62. The molecular formula is C18H14ClN3O2. The molecule has 0 spiro atoms. The van der Waals surface area contributed by atoms with Crippen molar-refractivity contribution >= 4 is 34.3 Å². The molecule has 0 unspecified atom stereocenters. The molecule has 5 nitrogen and oxygen atoms in total. The van der Waals surface area contributed by atoms with Crippen molar-refractivity contribution in [2.45, 2.75) is 6.92 Å². The van der Waals surface area contributed by atoms with Crippen LogP contribution in [0.5, 0.6) is 0 Å². The van der Waals surface area contributed by atoms with Gasteiger partial charge in [0.2, 0.25) is 0 Å². The Morgan fingerprint density at radius 3 is 2.29 bits per heavy atom. The summed E-state index contributed by atoms with van der Waals surface area (Å²) in [4.78, 5) is 28.9. The predicted molar refractivity (Wildman–Crippen MR) is 92.9 cm³/mol. The number of benzene rings is 2. The summed E-state index contributed by atoms with van der Waals surface area (Å²) in [5.74, 6) is -0.902. The van der Waals surface area contributed by atoms with Crippen LogP contribution in [0, 0.1) is 6.92 Å². The summed E-state index contributed by atoms with van der Waals surface area (Å²) in [5, 5.41) is 1.03. The van der Waals surface area contributed by atoms with Crippen LogP contribution in [0.15, 0.2) is 54.6 Å². The van der Waals surface area contributed by atoms with Gasteiger partial charge in [-0.25, -0.2) is 0 Å². The number of pyridine rings is 1. The van der Waals surface area contributed by atoms with Crippen molar-refractivity contribution in [3.63, 3.8) is 0 Å². The molecule has 0 atom stereocenters. The fourth-order valence-corrected chi connectivity index (χ4v) is 2.61. The van der Waals surface area contributed by atoms with Crippen molar-refractivity contribution in [2.24, 2.45) is 0 Å². The molecule has 2 N–H and O–H groups in total. The Bertz CT molecular complexity index is 940. The highest BCUT2D eigenvalue weighted by Crippen LogP contribution is 2.18. The maximum absolute atomic E-state index is 12.4. The summed E-state index contributed by atoms with van der Waals surface area (Å²) < 4.78 is 0. The predicted octanol–water partition coefficient (Wildman–Crippen LogP) is 3.27. The van der Waals surface area contributed by atoms with Gasteiger partial charge >= 0.3 is 0 Å². The van der Waals surface area contributed by atoms with Gasteiger partial charge in [-0.05, 0) is 31.2 Å². The van der Waals surface area contributed by atoms with Crippen molar-refractivity contribution < 1.29 is 9.59 Å². The van der Waals surface area contributed by atoms with Gasteiger partial charge < -0.3 is 0 Å². The Kier molecular flexibility index (Phi) is 4.44. The van der Waals surface area contributed by atoms with E-state index in [9.17, 15) is 9.59 Å². The van der Waals surface area contributed by atoms with Crippen molar-refractivity contribution in [3.8, 4) is 0 Å². The second-order valence-electron chi connectivity index (χ2n) is 5.22. The lowest BCUT2D eigenvalue weighted by Crippen LogP contribution is -2.41. The first kappa shape index (κ1) is 16.0. The minimum Gasteiger partial charge on any atom is -0.267 e. The number of carbonyl (C=O) groups excluding carboxylic acids is 2. The van der Waals surface area contributed by atoms with Crippen LogP contribution < -0.4 is 10.9 Å². The third kappa shape index (κ3) is 3.21. The maximum Gasteiger partial charge on any atom is 0.271 e. The molecule has 0 fully saturated rings. The molecule has 3 rings (SSSR count). The Balaban J connectivity index is 1.81. The Morgan fingerprint density at radius 2 is 1.54 bits per heavy atom. The van der Waals surface area contributed by atoms with Gasteiger partial charge in [-0.3, -0.25) is 25.4 Å². The van der Waals surface area contributed by atoms with Crippen LogP contribution in [0.3, 0.4) is 0 Å². The van der Waals surface area contributed by atoms with E-state index >= 15 is 0 Å². The van der Waals surface area contributed by atoms with Gasteiger partial charge in [0, 0.05) is 11.1 Å². The van der Waals surface area contributed by atoms with E-state index in [1.807, 2.05) is 31.2 Å². The van der Waals surface area contributed by atoms with Crippen LogP contribution >= 0.6 is 11.6 Å². The first-order valence-electron chi connectivity index (χ1n) is 7.28. The highest BCUT2D eigenvalue weighted by atomic mass is 35.5. The van der Waals surface area contributed by atoms with E-state index in [0.29, 0.717) is 16.0 Å². The molecule has 0 radical (unpaired) electrons. The number of rotatable bonds is 2. The number of para-hydroxylation sites is 1. The van der Waals surface area contributed by atoms with Crippen LogP contribution in [-0.4, -0.2) is 16.8 Å². The quantitative estimate of drug-likeness (QED) is 0.704. The molecule has 24 heavy (non-hydrogen) atoms. The summed E-state index contributed by atoms with van der Waals surface area (Å²) in [7, 11) is 0. The zero-order valence-electron chi connectivity index (χ0n) is 12.8. The fourth-order valence-electron chi connectivity index (χ4n) is 2.39. The topological polar surface area (TPSA) is 71.1 Å². The Morgan fingerprint density at radius 1 is 0.917 bits per heavy atom. The highest BCUT2D eigenvalue weighted by molar-refractivity contribution is 6.33. The average Bonchev–Trinajstić information content (AvgIpc) is 2.59. The number of nitrogens with zero attached hydrogens (tertiary/aromatic N) is 1. The molecule has 0 bridgehead atoms. The van der Waals surface area contributed by atoms with Gasteiger partial charge in [0.15, 0.2) is 0 Å². The van der Waals surface area contributed by atoms with E-state index in [-0.39, 0.29) is 5.56 Å². The van der Waals surface area contributed by atoms with Gasteiger partial charge in [-0.1, -0.05) is 41.9 Å². The van der Waals surface area contributed by atoms with Crippen LogP contribution in [0.2, 0.25) is 5.02 Å². The molecule has 0 saturated carbocycles. The van der Waals surface area contributed by atoms with Crippen LogP contribution in [0.1, 0.15) is 26.4 Å². The molecule has 6 heteroatoms. The third-order valence-corrected chi connectivity index (χ3v) is 3.83. The zero-order valence-corrected chi connectivity index (χ0v) is 13.6. The highest BCUT2D eigenvalue weighted by Gasteiger charge is 2.14. The minimum absolute atomic E-state index is 0.287. The summed E-state index contributed by atoms with van der Waals surface area (Å²) in [5.41, 5.74) is 6.97. The van der Waals surface area contributed by atoms with Gasteiger partial charge in [0.05, 0.1) is 21.7 Å². The lowest BCUT2D eigenvalue weighted by atomic mass is 10.1. The molecular weight excluding hydrogens is 326 g/mol. The lowest BCUT2D eigenvalue weighted by molar-refractivity contribution is 0.0847. The maximum atomic E-state index is 12.4. The number of nitrogens with one attached hydrogen (secondary N) is 2.